The van der Waals surface area contributed by atoms with Gasteiger partial charge in [-0.1, -0.05) is 68.3 Å². The molecule has 4 rings (SSSR count). The summed E-state index contributed by atoms with van der Waals surface area (Å²) in [6, 6.07) is 12.1. The molecule has 1 amide bonds. The van der Waals surface area contributed by atoms with Gasteiger partial charge in [0.25, 0.3) is 5.78 Å². The van der Waals surface area contributed by atoms with Gasteiger partial charge in [0, 0.05) is 28.9 Å². The van der Waals surface area contributed by atoms with Gasteiger partial charge in [-0.2, -0.15) is 0 Å². The first-order valence-electron chi connectivity index (χ1n) is 11.2. The second kappa shape index (κ2) is 10.9. The van der Waals surface area contributed by atoms with E-state index in [1.54, 1.807) is 0 Å². The number of hydrogen-bond acceptors (Lipinski definition) is 7. The van der Waals surface area contributed by atoms with Gasteiger partial charge in [0.05, 0.1) is 11.4 Å². The first kappa shape index (κ1) is 23.4. The van der Waals surface area contributed by atoms with Crippen LogP contribution in [0.5, 0.6) is 0 Å². The molecular formula is C24H28N6OS2. The van der Waals surface area contributed by atoms with Crippen molar-refractivity contribution in [2.75, 3.05) is 17.2 Å². The van der Waals surface area contributed by atoms with E-state index in [9.17, 15) is 4.79 Å². The van der Waals surface area contributed by atoms with E-state index < -0.39 is 0 Å². The van der Waals surface area contributed by atoms with Crippen molar-refractivity contribution in [2.24, 2.45) is 0 Å². The Morgan fingerprint density at radius 1 is 1.09 bits per heavy atom. The summed E-state index contributed by atoms with van der Waals surface area (Å²) < 4.78 is 1.90. The smallest absolute Gasteiger partial charge is 0.256 e. The summed E-state index contributed by atoms with van der Waals surface area (Å²) in [4.78, 5) is 24.4. The summed E-state index contributed by atoms with van der Waals surface area (Å²) in [5.41, 5.74) is 3.86. The monoisotopic (exact) mass is 480 g/mol. The molecule has 0 spiro atoms. The predicted molar refractivity (Wildman–Crippen MR) is 135 cm³/mol. The average molecular weight is 481 g/mol. The maximum Gasteiger partial charge on any atom is 0.256 e. The summed E-state index contributed by atoms with van der Waals surface area (Å²) >= 11 is 2.91. The molecule has 3 heterocycles. The number of aromatic nitrogens is 5. The highest BCUT2D eigenvalue weighted by atomic mass is 32.2. The molecule has 172 valence electrons. The molecule has 0 bridgehead atoms. The minimum Gasteiger partial charge on any atom is -0.287 e. The van der Waals surface area contributed by atoms with Gasteiger partial charge >= 0.3 is 0 Å². The van der Waals surface area contributed by atoms with E-state index in [2.05, 4.69) is 22.1 Å². The van der Waals surface area contributed by atoms with Gasteiger partial charge in [-0.15, -0.1) is 21.5 Å². The van der Waals surface area contributed by atoms with Gasteiger partial charge in [0.2, 0.25) is 5.91 Å². The maximum absolute atomic E-state index is 13.3. The summed E-state index contributed by atoms with van der Waals surface area (Å²) in [6.45, 7) is 6.79. The van der Waals surface area contributed by atoms with E-state index in [1.807, 2.05) is 64.9 Å². The molecule has 3 aromatic heterocycles. The zero-order valence-corrected chi connectivity index (χ0v) is 20.8. The van der Waals surface area contributed by atoms with Crippen LogP contribution in [0, 0.1) is 13.8 Å². The van der Waals surface area contributed by atoms with Gasteiger partial charge in [-0.3, -0.25) is 14.1 Å². The molecule has 0 saturated heterocycles. The number of carbonyl (C=O) groups is 1. The predicted octanol–water partition coefficient (Wildman–Crippen LogP) is 5.57. The Hall–Kier alpha value is -2.78. The van der Waals surface area contributed by atoms with E-state index in [4.69, 9.17) is 4.98 Å². The molecule has 0 aliphatic rings. The molecule has 0 N–H and O–H groups in total. The molecule has 9 heteroatoms. The molecule has 1 aromatic carbocycles. The van der Waals surface area contributed by atoms with E-state index in [1.165, 1.54) is 29.5 Å². The van der Waals surface area contributed by atoms with Crippen molar-refractivity contribution < 1.29 is 4.79 Å². The molecule has 0 unspecified atom stereocenters. The zero-order chi connectivity index (χ0) is 23.2. The number of amides is 1. The fourth-order valence-corrected chi connectivity index (χ4v) is 5.39. The van der Waals surface area contributed by atoms with Crippen molar-refractivity contribution in [2.45, 2.75) is 51.6 Å². The van der Waals surface area contributed by atoms with Crippen LogP contribution in [0.15, 0.2) is 46.9 Å². The second-order valence-corrected chi connectivity index (χ2v) is 9.71. The van der Waals surface area contributed by atoms with E-state index in [0.29, 0.717) is 17.5 Å². The van der Waals surface area contributed by atoms with Crippen molar-refractivity contribution in [1.82, 2.24) is 24.6 Å². The highest BCUT2D eigenvalue weighted by molar-refractivity contribution is 7.99. The molecule has 0 radical (unpaired) electrons. The highest BCUT2D eigenvalue weighted by Crippen LogP contribution is 2.29. The van der Waals surface area contributed by atoms with Gasteiger partial charge in [-0.25, -0.2) is 9.97 Å². The minimum atomic E-state index is 0.0277. The molecule has 0 atom stereocenters. The Morgan fingerprint density at radius 2 is 1.91 bits per heavy atom. The van der Waals surface area contributed by atoms with Crippen LogP contribution >= 0.6 is 23.1 Å². The molecule has 0 aliphatic carbocycles. The van der Waals surface area contributed by atoms with E-state index in [-0.39, 0.29) is 11.7 Å². The number of anilines is 1. The number of thiazole rings is 1. The first-order chi connectivity index (χ1) is 16.1. The third-order valence-corrected chi connectivity index (χ3v) is 7.09. The summed E-state index contributed by atoms with van der Waals surface area (Å²) in [6.07, 6.45) is 4.39. The van der Waals surface area contributed by atoms with Crippen LogP contribution in [-0.4, -0.2) is 42.8 Å². The van der Waals surface area contributed by atoms with Crippen molar-refractivity contribution in [3.63, 3.8) is 0 Å². The number of unbranched alkanes of at least 4 members (excludes halogenated alkanes) is 3. The summed E-state index contributed by atoms with van der Waals surface area (Å²) in [7, 11) is 0. The third-order valence-electron chi connectivity index (χ3n) is 5.32. The number of rotatable bonds is 10. The number of aryl methyl sites for hydroxylation is 2. The van der Waals surface area contributed by atoms with Gasteiger partial charge < -0.3 is 0 Å². The number of carbonyl (C=O) groups excluding carboxylic acids is 1. The van der Waals surface area contributed by atoms with E-state index in [0.717, 1.165) is 47.0 Å². The lowest BCUT2D eigenvalue weighted by molar-refractivity contribution is -0.116. The minimum absolute atomic E-state index is 0.0277. The second-order valence-electron chi connectivity index (χ2n) is 7.93. The maximum atomic E-state index is 13.3. The quantitative estimate of drug-likeness (QED) is 0.218. The molecule has 33 heavy (non-hydrogen) atoms. The molecule has 4 aromatic rings. The van der Waals surface area contributed by atoms with Crippen LogP contribution in [0.2, 0.25) is 0 Å². The topological polar surface area (TPSA) is 76.3 Å². The lowest BCUT2D eigenvalue weighted by atomic mass is 10.2. The fraction of sp³-hybridized carbons (Fsp3) is 0.375. The SMILES string of the molecule is CCCCCCN(C(=O)CSc1nnc2nc(C)cc(C)n12)c1nc(-c2ccccc2)cs1. The zero-order valence-electron chi connectivity index (χ0n) is 19.2. The first-order valence-corrected chi connectivity index (χ1v) is 13.1. The van der Waals surface area contributed by atoms with Crippen molar-refractivity contribution in [3.8, 4) is 11.3 Å². The third kappa shape index (κ3) is 5.59. The molecule has 7 nitrogen and oxygen atoms in total. The number of thioether (sulfide) groups is 1. The number of hydrogen-bond donors (Lipinski definition) is 0. The summed E-state index contributed by atoms with van der Waals surface area (Å²) in [5, 5.41) is 11.9. The Bertz CT molecular complexity index is 1220. The molecule has 0 aliphatic heterocycles. The van der Waals surface area contributed by atoms with Crippen molar-refractivity contribution in [3.05, 3.63) is 53.2 Å². The van der Waals surface area contributed by atoms with Crippen LogP contribution in [0.1, 0.15) is 44.0 Å². The number of benzene rings is 1. The van der Waals surface area contributed by atoms with Gasteiger partial charge in [-0.05, 0) is 26.3 Å². The summed E-state index contributed by atoms with van der Waals surface area (Å²) in [5.74, 6) is 0.855. The van der Waals surface area contributed by atoms with Gasteiger partial charge in [0.1, 0.15) is 0 Å². The van der Waals surface area contributed by atoms with Crippen LogP contribution in [0.3, 0.4) is 0 Å². The average Bonchev–Trinajstić information content (AvgIpc) is 3.46. The van der Waals surface area contributed by atoms with Crippen molar-refractivity contribution >= 4 is 39.9 Å². The molecule has 0 fully saturated rings. The standard InChI is InChI=1S/C24H28N6OS2/c1-4-5-6-10-13-29(23-26-20(15-32-23)19-11-8-7-9-12-19)21(31)16-33-24-28-27-22-25-17(2)14-18(3)30(22)24/h7-9,11-12,14-15H,4-6,10,13,16H2,1-3H3. The fourth-order valence-electron chi connectivity index (χ4n) is 3.65. The lowest BCUT2D eigenvalue weighted by Gasteiger charge is -2.19. The van der Waals surface area contributed by atoms with Crippen molar-refractivity contribution in [1.29, 1.82) is 0 Å². The largest absolute Gasteiger partial charge is 0.287 e. The molecular weight excluding hydrogens is 452 g/mol. The van der Waals surface area contributed by atoms with Crippen LogP contribution < -0.4 is 4.90 Å². The van der Waals surface area contributed by atoms with E-state index >= 15 is 0 Å². The highest BCUT2D eigenvalue weighted by Gasteiger charge is 2.21. The Balaban J connectivity index is 1.51. The number of nitrogens with zero attached hydrogens (tertiary/aromatic N) is 6. The lowest BCUT2D eigenvalue weighted by Crippen LogP contribution is -2.33. The van der Waals surface area contributed by atoms with Crippen LogP contribution in [-0.2, 0) is 4.79 Å². The normalized spacial score (nSPS) is 11.2. The van der Waals surface area contributed by atoms with Crippen LogP contribution in [0.4, 0.5) is 5.13 Å². The molecule has 0 saturated carbocycles. The Labute approximate surface area is 202 Å². The van der Waals surface area contributed by atoms with Crippen LogP contribution in [0.25, 0.3) is 17.0 Å². The Kier molecular flexibility index (Phi) is 7.72. The number of fused-ring (bicyclic) bond motifs is 1. The van der Waals surface area contributed by atoms with Gasteiger partial charge in [0.15, 0.2) is 10.3 Å². The Morgan fingerprint density at radius 3 is 2.70 bits per heavy atom.